The van der Waals surface area contributed by atoms with Crippen LogP contribution < -0.4 is 5.32 Å². The number of nitrogens with zero attached hydrogens (tertiary/aromatic N) is 2. The van der Waals surface area contributed by atoms with Crippen LogP contribution in [0.3, 0.4) is 0 Å². The van der Waals surface area contributed by atoms with Gasteiger partial charge in [0.15, 0.2) is 0 Å². The Labute approximate surface area is 221 Å². The second-order valence-electron chi connectivity index (χ2n) is 12.5. The molecule has 2 fully saturated rings. The molecular formula is C27H47N3O7. The van der Waals surface area contributed by atoms with Crippen molar-refractivity contribution in [3.05, 3.63) is 0 Å². The van der Waals surface area contributed by atoms with Gasteiger partial charge in [0.05, 0.1) is 0 Å². The molecule has 0 aromatic carbocycles. The summed E-state index contributed by atoms with van der Waals surface area (Å²) in [7, 11) is 0. The van der Waals surface area contributed by atoms with E-state index in [0.29, 0.717) is 50.9 Å². The number of carbonyl (C=O) groups is 4. The third-order valence-corrected chi connectivity index (χ3v) is 6.84. The Balaban J connectivity index is 1.84. The van der Waals surface area contributed by atoms with E-state index in [0.717, 1.165) is 32.1 Å². The van der Waals surface area contributed by atoms with Crippen molar-refractivity contribution in [3.63, 3.8) is 0 Å². The van der Waals surface area contributed by atoms with E-state index in [4.69, 9.17) is 14.6 Å². The number of carboxylic acids is 1. The summed E-state index contributed by atoms with van der Waals surface area (Å²) in [6.07, 6.45) is 4.96. The van der Waals surface area contributed by atoms with Gasteiger partial charge in [-0.2, -0.15) is 0 Å². The van der Waals surface area contributed by atoms with Crippen LogP contribution in [0, 0.1) is 17.8 Å². The van der Waals surface area contributed by atoms with E-state index in [-0.39, 0.29) is 30.6 Å². The number of carboxylic acid groups (broad SMARTS) is 1. The van der Waals surface area contributed by atoms with Crippen LogP contribution >= 0.6 is 0 Å². The summed E-state index contributed by atoms with van der Waals surface area (Å²) in [5.41, 5.74) is -1.06. The van der Waals surface area contributed by atoms with Crippen molar-refractivity contribution in [2.24, 2.45) is 17.8 Å². The van der Waals surface area contributed by atoms with Crippen molar-refractivity contribution < 1.29 is 33.8 Å². The number of ether oxygens (including phenoxy) is 2. The molecule has 2 saturated heterocycles. The van der Waals surface area contributed by atoms with Gasteiger partial charge in [-0.1, -0.05) is 0 Å². The molecule has 0 aliphatic carbocycles. The molecule has 212 valence electrons. The second kappa shape index (κ2) is 13.3. The Morgan fingerprint density at radius 2 is 1.27 bits per heavy atom. The predicted molar refractivity (Wildman–Crippen MR) is 139 cm³/mol. The minimum Gasteiger partial charge on any atom is -0.480 e. The summed E-state index contributed by atoms with van der Waals surface area (Å²) >= 11 is 0. The van der Waals surface area contributed by atoms with Crippen LogP contribution in [0.25, 0.3) is 0 Å². The largest absolute Gasteiger partial charge is 0.480 e. The lowest BCUT2D eigenvalue weighted by Crippen LogP contribution is -2.42. The summed E-state index contributed by atoms with van der Waals surface area (Å²) < 4.78 is 10.9. The number of hydrogen-bond acceptors (Lipinski definition) is 6. The van der Waals surface area contributed by atoms with Crippen LogP contribution in [0.1, 0.15) is 86.5 Å². The van der Waals surface area contributed by atoms with Gasteiger partial charge in [0.1, 0.15) is 17.7 Å². The van der Waals surface area contributed by atoms with E-state index in [9.17, 15) is 19.2 Å². The van der Waals surface area contributed by atoms with Crippen molar-refractivity contribution in [1.82, 2.24) is 15.1 Å². The molecule has 0 bridgehead atoms. The van der Waals surface area contributed by atoms with Gasteiger partial charge in [0, 0.05) is 32.1 Å². The monoisotopic (exact) mass is 525 g/mol. The topological polar surface area (TPSA) is 125 Å². The highest BCUT2D eigenvalue weighted by Gasteiger charge is 2.32. The molecule has 2 N–H and O–H groups in total. The van der Waals surface area contributed by atoms with Crippen LogP contribution in [-0.2, 0) is 19.1 Å². The molecular weight excluding hydrogens is 478 g/mol. The first-order valence-electron chi connectivity index (χ1n) is 13.6. The van der Waals surface area contributed by atoms with E-state index in [1.807, 2.05) is 41.5 Å². The summed E-state index contributed by atoms with van der Waals surface area (Å²) in [6, 6.07) is 0. The zero-order valence-electron chi connectivity index (χ0n) is 23.5. The van der Waals surface area contributed by atoms with Crippen molar-refractivity contribution >= 4 is 24.1 Å². The molecule has 0 aromatic heterocycles. The summed E-state index contributed by atoms with van der Waals surface area (Å²) in [6.45, 7) is 13.2. The molecule has 0 spiro atoms. The van der Waals surface area contributed by atoms with E-state index in [1.165, 1.54) is 0 Å². The number of hydrogen-bond donors (Lipinski definition) is 2. The Morgan fingerprint density at radius 3 is 1.78 bits per heavy atom. The Morgan fingerprint density at radius 1 is 0.811 bits per heavy atom. The van der Waals surface area contributed by atoms with Gasteiger partial charge >= 0.3 is 18.2 Å². The minimum absolute atomic E-state index is 0.226. The molecule has 10 nitrogen and oxygen atoms in total. The third kappa shape index (κ3) is 11.6. The average Bonchev–Trinajstić information content (AvgIpc) is 3.25. The highest BCUT2D eigenvalue weighted by molar-refractivity contribution is 5.82. The highest BCUT2D eigenvalue weighted by atomic mass is 16.6. The number of piperidine rings is 1. The quantitative estimate of drug-likeness (QED) is 0.460. The number of nitrogens with one attached hydrogen (secondary N) is 1. The van der Waals surface area contributed by atoms with Crippen molar-refractivity contribution in [1.29, 1.82) is 0 Å². The number of aliphatic carboxylic acids is 1. The van der Waals surface area contributed by atoms with Crippen LogP contribution in [-0.4, -0.2) is 82.9 Å². The predicted octanol–water partition coefficient (Wildman–Crippen LogP) is 4.27. The average molecular weight is 526 g/mol. The molecule has 3 amide bonds. The van der Waals surface area contributed by atoms with Gasteiger partial charge in [-0.15, -0.1) is 0 Å². The molecule has 2 aliphatic rings. The maximum atomic E-state index is 12.8. The number of carbonyl (C=O) groups excluding carboxylic acids is 3. The van der Waals surface area contributed by atoms with E-state index >= 15 is 0 Å². The van der Waals surface area contributed by atoms with Crippen LogP contribution in [0.2, 0.25) is 0 Å². The first-order valence-corrected chi connectivity index (χ1v) is 13.6. The number of likely N-dealkylation sites (tertiary alicyclic amines) is 2. The third-order valence-electron chi connectivity index (χ3n) is 6.84. The van der Waals surface area contributed by atoms with Crippen LogP contribution in [0.15, 0.2) is 0 Å². The first-order chi connectivity index (χ1) is 17.1. The normalized spacial score (nSPS) is 19.9. The van der Waals surface area contributed by atoms with E-state index in [2.05, 4.69) is 5.32 Å². The Hall–Kier alpha value is -2.52. The molecule has 0 radical (unpaired) electrons. The summed E-state index contributed by atoms with van der Waals surface area (Å²) in [4.78, 5) is 51.9. The van der Waals surface area contributed by atoms with E-state index in [1.54, 1.807) is 9.80 Å². The Bertz CT molecular complexity index is 795. The number of rotatable bonds is 9. The van der Waals surface area contributed by atoms with Gasteiger partial charge in [-0.05, 0) is 98.3 Å². The maximum absolute atomic E-state index is 12.8. The molecule has 2 aliphatic heterocycles. The molecule has 2 atom stereocenters. The Kier molecular flexibility index (Phi) is 11.1. The fourth-order valence-electron chi connectivity index (χ4n) is 4.88. The molecule has 2 rings (SSSR count). The fraction of sp³-hybridized carbons (Fsp3) is 0.852. The zero-order valence-corrected chi connectivity index (χ0v) is 23.5. The van der Waals surface area contributed by atoms with Gasteiger partial charge in [0.25, 0.3) is 0 Å². The standard InChI is InChI=1S/C27H47N3O7/c1-26(2,3)36-24(34)29-14-11-19(12-15-29)7-9-21(23(33)28-17-22(31)32)10-8-20-13-16-30(18-20)25(35)37-27(4,5)6/h19-21H,7-18H2,1-6H3,(H,28,33)(H,31,32). The molecule has 10 heteroatoms. The van der Waals surface area contributed by atoms with Gasteiger partial charge in [0.2, 0.25) is 5.91 Å². The van der Waals surface area contributed by atoms with Gasteiger partial charge in [-0.3, -0.25) is 9.59 Å². The van der Waals surface area contributed by atoms with E-state index < -0.39 is 17.2 Å². The molecule has 0 saturated carbocycles. The number of amides is 3. The highest BCUT2D eigenvalue weighted by Crippen LogP contribution is 2.29. The fourth-order valence-corrected chi connectivity index (χ4v) is 4.88. The van der Waals surface area contributed by atoms with Crippen molar-refractivity contribution in [3.8, 4) is 0 Å². The first kappa shape index (κ1) is 30.7. The van der Waals surface area contributed by atoms with Crippen LogP contribution in [0.5, 0.6) is 0 Å². The lowest BCUT2D eigenvalue weighted by atomic mass is 9.85. The second-order valence-corrected chi connectivity index (χ2v) is 12.5. The van der Waals surface area contributed by atoms with Gasteiger partial charge in [-0.25, -0.2) is 9.59 Å². The lowest BCUT2D eigenvalue weighted by molar-refractivity contribution is -0.138. The van der Waals surface area contributed by atoms with Gasteiger partial charge < -0.3 is 29.7 Å². The SMILES string of the molecule is CC(C)(C)OC(=O)N1CCC(CCC(CCC2CCN(C(=O)OC(C)(C)C)C2)C(=O)NCC(=O)O)CC1. The van der Waals surface area contributed by atoms with Crippen molar-refractivity contribution in [2.45, 2.75) is 97.7 Å². The van der Waals surface area contributed by atoms with Crippen molar-refractivity contribution in [2.75, 3.05) is 32.7 Å². The van der Waals surface area contributed by atoms with Crippen LogP contribution in [0.4, 0.5) is 9.59 Å². The lowest BCUT2D eigenvalue weighted by Gasteiger charge is -2.34. The zero-order chi connectivity index (χ0) is 27.8. The maximum Gasteiger partial charge on any atom is 0.410 e. The molecule has 2 heterocycles. The minimum atomic E-state index is -1.06. The molecule has 0 aromatic rings. The molecule has 37 heavy (non-hydrogen) atoms. The molecule has 2 unspecified atom stereocenters. The smallest absolute Gasteiger partial charge is 0.410 e. The summed E-state index contributed by atoms with van der Waals surface area (Å²) in [5.74, 6) is -0.873. The summed E-state index contributed by atoms with van der Waals surface area (Å²) in [5, 5.41) is 11.5.